The van der Waals surface area contributed by atoms with Crippen LogP contribution in [-0.4, -0.2) is 55.3 Å². The van der Waals surface area contributed by atoms with Gasteiger partial charge in [-0.05, 0) is 56.4 Å². The molecular weight excluding hydrogens is 576 g/mol. The summed E-state index contributed by atoms with van der Waals surface area (Å²) in [6.45, 7) is 10.5. The molecule has 2 amide bonds. The van der Waals surface area contributed by atoms with E-state index >= 15 is 0 Å². The first-order chi connectivity index (χ1) is 20.2. The van der Waals surface area contributed by atoms with Gasteiger partial charge in [0.05, 0.1) is 18.1 Å². The number of halogens is 1. The Morgan fingerprint density at radius 1 is 0.930 bits per heavy atom. The van der Waals surface area contributed by atoms with E-state index in [4.69, 9.17) is 30.5 Å². The fraction of sp³-hybridized carbons (Fsp3) is 0.500. The van der Waals surface area contributed by atoms with E-state index < -0.39 is 47.6 Å². The van der Waals surface area contributed by atoms with E-state index in [1.807, 2.05) is 44.2 Å². The van der Waals surface area contributed by atoms with Crippen molar-refractivity contribution in [2.75, 3.05) is 13.7 Å². The third kappa shape index (κ3) is 12.9. The van der Waals surface area contributed by atoms with E-state index in [0.717, 1.165) is 5.56 Å². The largest absolute Gasteiger partial charge is 0.495 e. The highest BCUT2D eigenvalue weighted by Gasteiger charge is 2.30. The molecule has 0 spiro atoms. The number of rotatable bonds is 14. The lowest BCUT2D eigenvalue weighted by atomic mass is 10.0. The van der Waals surface area contributed by atoms with Gasteiger partial charge in [0, 0.05) is 13.0 Å². The molecule has 0 saturated carbocycles. The lowest BCUT2D eigenvalue weighted by Gasteiger charge is -2.24. The summed E-state index contributed by atoms with van der Waals surface area (Å²) in [5, 5.41) is 5.64. The van der Waals surface area contributed by atoms with Gasteiger partial charge in [0.15, 0.2) is 6.10 Å². The second kappa shape index (κ2) is 16.7. The van der Waals surface area contributed by atoms with Crippen molar-refractivity contribution in [2.24, 2.45) is 11.8 Å². The highest BCUT2D eigenvalue weighted by Crippen LogP contribution is 2.25. The van der Waals surface area contributed by atoms with E-state index in [-0.39, 0.29) is 31.9 Å². The molecule has 43 heavy (non-hydrogen) atoms. The molecule has 0 fully saturated rings. The smallest absolute Gasteiger partial charge is 0.408 e. The number of methoxy groups -OCH3 is 1. The Hall–Kier alpha value is -3.79. The lowest BCUT2D eigenvalue weighted by Crippen LogP contribution is -2.50. The second-order valence-electron chi connectivity index (χ2n) is 11.7. The Morgan fingerprint density at radius 3 is 2.19 bits per heavy atom. The van der Waals surface area contributed by atoms with E-state index in [1.165, 1.54) is 7.11 Å². The summed E-state index contributed by atoms with van der Waals surface area (Å²) < 4.78 is 21.4. The third-order valence-corrected chi connectivity index (χ3v) is 6.37. The molecule has 0 aliphatic heterocycles. The lowest BCUT2D eigenvalue weighted by molar-refractivity contribution is -0.172. The van der Waals surface area contributed by atoms with Crippen LogP contribution in [0.25, 0.3) is 0 Å². The van der Waals surface area contributed by atoms with Gasteiger partial charge in [-0.15, -0.1) is 0 Å². The number of carbonyl (C=O) groups excluding carboxylic acids is 4. The van der Waals surface area contributed by atoms with Crippen LogP contribution in [0.1, 0.15) is 59.1 Å². The summed E-state index contributed by atoms with van der Waals surface area (Å²) >= 11 is 6.25. The predicted octanol–water partition coefficient (Wildman–Crippen LogP) is 5.24. The molecule has 11 heteroatoms. The molecule has 0 unspecified atom stereocenters. The maximum atomic E-state index is 13.2. The zero-order chi connectivity index (χ0) is 32.2. The summed E-state index contributed by atoms with van der Waals surface area (Å²) in [6, 6.07) is 13.2. The molecule has 0 radical (unpaired) electrons. The van der Waals surface area contributed by atoms with Crippen LogP contribution in [0.2, 0.25) is 5.02 Å². The molecule has 0 bridgehead atoms. The number of alkyl carbamates (subject to hydrolysis) is 1. The van der Waals surface area contributed by atoms with Crippen molar-refractivity contribution in [1.29, 1.82) is 0 Å². The van der Waals surface area contributed by atoms with Crippen LogP contribution < -0.4 is 15.4 Å². The molecular formula is C32H43ClN2O8. The molecule has 236 valence electrons. The number of hydrogen-bond acceptors (Lipinski definition) is 8. The molecule has 0 aliphatic rings. The van der Waals surface area contributed by atoms with Crippen molar-refractivity contribution in [2.45, 2.75) is 78.7 Å². The fourth-order valence-electron chi connectivity index (χ4n) is 3.89. The molecule has 10 nitrogen and oxygen atoms in total. The molecule has 2 N–H and O–H groups in total. The molecule has 0 aliphatic carbocycles. The van der Waals surface area contributed by atoms with Gasteiger partial charge >= 0.3 is 18.0 Å². The van der Waals surface area contributed by atoms with Crippen LogP contribution in [0.15, 0.2) is 48.5 Å². The number of benzene rings is 2. The molecule has 2 aromatic carbocycles. The predicted molar refractivity (Wildman–Crippen MR) is 163 cm³/mol. The minimum atomic E-state index is -1.09. The first kappa shape index (κ1) is 35.4. The Kier molecular flexibility index (Phi) is 13.8. The van der Waals surface area contributed by atoms with Crippen LogP contribution in [0.3, 0.4) is 0 Å². The maximum Gasteiger partial charge on any atom is 0.408 e. The van der Waals surface area contributed by atoms with E-state index in [2.05, 4.69) is 10.6 Å². The second-order valence-corrected chi connectivity index (χ2v) is 12.1. The first-order valence-electron chi connectivity index (χ1n) is 14.2. The number of hydrogen-bond donors (Lipinski definition) is 2. The van der Waals surface area contributed by atoms with E-state index in [0.29, 0.717) is 16.3 Å². The molecule has 3 atom stereocenters. The summed E-state index contributed by atoms with van der Waals surface area (Å²) in [6.07, 6.45) is -1.48. The summed E-state index contributed by atoms with van der Waals surface area (Å²) in [7, 11) is 1.49. The zero-order valence-corrected chi connectivity index (χ0v) is 26.7. The van der Waals surface area contributed by atoms with Gasteiger partial charge in [-0.25, -0.2) is 9.59 Å². The van der Waals surface area contributed by atoms with Gasteiger partial charge in [0.25, 0.3) is 0 Å². The molecule has 2 aromatic rings. The van der Waals surface area contributed by atoms with Gasteiger partial charge < -0.3 is 29.6 Å². The highest BCUT2D eigenvalue weighted by atomic mass is 35.5. The number of carbonyl (C=O) groups is 4. The summed E-state index contributed by atoms with van der Waals surface area (Å²) in [4.78, 5) is 51.4. The van der Waals surface area contributed by atoms with Gasteiger partial charge in [-0.3, -0.25) is 9.59 Å². The van der Waals surface area contributed by atoms with Crippen LogP contribution in [0.4, 0.5) is 4.79 Å². The third-order valence-electron chi connectivity index (χ3n) is 6.08. The molecule has 2 rings (SSSR count). The number of nitrogens with one attached hydrogen (secondary N) is 2. The normalized spacial score (nSPS) is 13.3. The standard InChI is InChI=1S/C32H43ClN2O8/c1-20(2)15-27(30(38)41-19-22-11-9-8-10-12-22)42-29(37)21(3)18-34-28(36)25(35-31(39)43-32(4,5)6)17-23-13-14-26(40-7)24(33)16-23/h8-14,16,20-21,25,27H,15,17-19H2,1-7H3,(H,34,36)(H,35,39)/t21-,25-,27+/m1/s1. The molecule has 0 saturated heterocycles. The Balaban J connectivity index is 2.05. The Morgan fingerprint density at radius 2 is 1.60 bits per heavy atom. The number of ether oxygens (including phenoxy) is 4. The SMILES string of the molecule is COc1ccc(C[C@@H](NC(=O)OC(C)(C)C)C(=O)NC[C@@H](C)C(=O)O[C@@H](CC(C)C)C(=O)OCc2ccccc2)cc1Cl. The van der Waals surface area contributed by atoms with Crippen molar-refractivity contribution < 1.29 is 38.1 Å². The maximum absolute atomic E-state index is 13.2. The van der Waals surface area contributed by atoms with Gasteiger partial charge in [-0.1, -0.05) is 68.8 Å². The van der Waals surface area contributed by atoms with Crippen molar-refractivity contribution in [3.63, 3.8) is 0 Å². The average Bonchev–Trinajstić information content (AvgIpc) is 2.93. The van der Waals surface area contributed by atoms with Gasteiger partial charge in [0.1, 0.15) is 24.0 Å². The first-order valence-corrected chi connectivity index (χ1v) is 14.6. The summed E-state index contributed by atoms with van der Waals surface area (Å²) in [5.74, 6) is -2.11. The van der Waals surface area contributed by atoms with Gasteiger partial charge in [0.2, 0.25) is 5.91 Å². The van der Waals surface area contributed by atoms with E-state index in [1.54, 1.807) is 45.9 Å². The quantitative estimate of drug-likeness (QED) is 0.217. The Labute approximate surface area is 258 Å². The van der Waals surface area contributed by atoms with Crippen LogP contribution >= 0.6 is 11.6 Å². The van der Waals surface area contributed by atoms with Crippen molar-refractivity contribution in [3.05, 3.63) is 64.7 Å². The van der Waals surface area contributed by atoms with Crippen molar-refractivity contribution >= 4 is 35.5 Å². The minimum absolute atomic E-state index is 0.0584. The van der Waals surface area contributed by atoms with Crippen molar-refractivity contribution in [3.8, 4) is 5.75 Å². The zero-order valence-electron chi connectivity index (χ0n) is 25.9. The topological polar surface area (TPSA) is 129 Å². The number of amides is 2. The van der Waals surface area contributed by atoms with Crippen molar-refractivity contribution in [1.82, 2.24) is 10.6 Å². The van der Waals surface area contributed by atoms with E-state index in [9.17, 15) is 19.2 Å². The molecule has 0 heterocycles. The fourth-order valence-corrected chi connectivity index (χ4v) is 4.17. The average molecular weight is 619 g/mol. The van der Waals surface area contributed by atoms with Gasteiger partial charge in [-0.2, -0.15) is 0 Å². The van der Waals surface area contributed by atoms with Crippen LogP contribution in [-0.2, 0) is 41.6 Å². The minimum Gasteiger partial charge on any atom is -0.495 e. The number of esters is 2. The summed E-state index contributed by atoms with van der Waals surface area (Å²) in [5.41, 5.74) is 0.703. The highest BCUT2D eigenvalue weighted by molar-refractivity contribution is 6.32. The Bertz CT molecular complexity index is 1230. The van der Waals surface area contributed by atoms with Crippen LogP contribution in [0, 0.1) is 11.8 Å². The van der Waals surface area contributed by atoms with Crippen LogP contribution in [0.5, 0.6) is 5.75 Å². The molecule has 0 aromatic heterocycles. The monoisotopic (exact) mass is 618 g/mol.